The van der Waals surface area contributed by atoms with Crippen molar-refractivity contribution in [3.8, 4) is 11.1 Å². The number of halogens is 2. The van der Waals surface area contributed by atoms with Crippen molar-refractivity contribution in [3.05, 3.63) is 58.8 Å². The van der Waals surface area contributed by atoms with Crippen LogP contribution in [-0.4, -0.2) is 23.1 Å². The third kappa shape index (κ3) is 3.29. The first-order chi connectivity index (χ1) is 6.75. The fraction of sp³-hybridized carbons (Fsp3) is 0. The van der Waals surface area contributed by atoms with Gasteiger partial charge >= 0.3 is 23.1 Å². The number of rotatable bonds is 1. The summed E-state index contributed by atoms with van der Waals surface area (Å²) < 4.78 is 13.7. The monoisotopic (exact) mass is 276 g/mol. The topological polar surface area (TPSA) is 0 Å². The average molecular weight is 277 g/mol. The Balaban J connectivity index is 0.00000112. The zero-order valence-electron chi connectivity index (χ0n) is 7.37. The van der Waals surface area contributed by atoms with Gasteiger partial charge in [0.2, 0.25) is 0 Å². The van der Waals surface area contributed by atoms with Crippen LogP contribution in [0.4, 0.5) is 4.39 Å². The number of hydrogen-bond donors (Lipinski definition) is 0. The van der Waals surface area contributed by atoms with E-state index in [0.717, 1.165) is 15.6 Å². The Morgan fingerprint density at radius 3 is 1.60 bits per heavy atom. The molecule has 0 N–H and O–H groups in total. The maximum atomic E-state index is 12.7. The van der Waals surface area contributed by atoms with Crippen LogP contribution in [0.2, 0.25) is 0 Å². The van der Waals surface area contributed by atoms with Gasteiger partial charge in [-0.25, -0.2) is 4.39 Å². The standard InChI is InChI=1S/C12H8BrF.Mg.2H/c13-11-5-1-9(2-6-11)10-3-7-12(14)8-4-10;;;/h1-8H;;;. The molecule has 0 spiro atoms. The van der Waals surface area contributed by atoms with Crippen LogP contribution in [0, 0.1) is 5.82 Å². The molecule has 74 valence electrons. The predicted molar refractivity (Wildman–Crippen MR) is 68.1 cm³/mol. The molecular formula is C12H10BrFMg. The highest BCUT2D eigenvalue weighted by Gasteiger charge is 1.97. The Hall–Kier alpha value is -0.384. The quantitative estimate of drug-likeness (QED) is 0.701. The zero-order chi connectivity index (χ0) is 9.97. The summed E-state index contributed by atoms with van der Waals surface area (Å²) in [5, 5.41) is 0. The Morgan fingerprint density at radius 1 is 0.733 bits per heavy atom. The second-order valence-electron chi connectivity index (χ2n) is 3.01. The summed E-state index contributed by atoms with van der Waals surface area (Å²) in [5.74, 6) is -0.203. The van der Waals surface area contributed by atoms with E-state index in [0.29, 0.717) is 0 Å². The Labute approximate surface area is 113 Å². The molecule has 0 unspecified atom stereocenters. The molecule has 0 heterocycles. The molecule has 0 amide bonds. The Bertz CT molecular complexity index is 379. The molecule has 2 aromatic carbocycles. The predicted octanol–water partition coefficient (Wildman–Crippen LogP) is 3.34. The van der Waals surface area contributed by atoms with Crippen molar-refractivity contribution < 1.29 is 4.39 Å². The molecule has 0 bridgehead atoms. The van der Waals surface area contributed by atoms with Crippen LogP contribution in [0.1, 0.15) is 0 Å². The van der Waals surface area contributed by atoms with Crippen LogP contribution in [-0.2, 0) is 0 Å². The molecule has 15 heavy (non-hydrogen) atoms. The van der Waals surface area contributed by atoms with Crippen LogP contribution in [0.3, 0.4) is 0 Å². The van der Waals surface area contributed by atoms with Gasteiger partial charge in [-0.15, -0.1) is 0 Å². The summed E-state index contributed by atoms with van der Waals surface area (Å²) in [6.07, 6.45) is 0. The lowest BCUT2D eigenvalue weighted by Gasteiger charge is -2.00. The first-order valence-electron chi connectivity index (χ1n) is 4.27. The highest BCUT2D eigenvalue weighted by molar-refractivity contribution is 9.10. The van der Waals surface area contributed by atoms with Crippen LogP contribution in [0.5, 0.6) is 0 Å². The summed E-state index contributed by atoms with van der Waals surface area (Å²) in [4.78, 5) is 0. The van der Waals surface area contributed by atoms with E-state index in [4.69, 9.17) is 0 Å². The molecule has 0 nitrogen and oxygen atoms in total. The smallest absolute Gasteiger partial charge is 0.207 e. The number of benzene rings is 2. The molecule has 2 rings (SSSR count). The van der Waals surface area contributed by atoms with Crippen LogP contribution in [0.15, 0.2) is 53.0 Å². The number of hydrogen-bond acceptors (Lipinski definition) is 0. The van der Waals surface area contributed by atoms with Gasteiger partial charge in [-0.1, -0.05) is 40.2 Å². The Morgan fingerprint density at radius 2 is 1.13 bits per heavy atom. The molecule has 0 saturated carbocycles. The van der Waals surface area contributed by atoms with Crippen molar-refractivity contribution in [2.75, 3.05) is 0 Å². The zero-order valence-corrected chi connectivity index (χ0v) is 8.96. The van der Waals surface area contributed by atoms with Crippen LogP contribution < -0.4 is 0 Å². The maximum Gasteiger partial charge on any atom is 0.316 e. The second kappa shape index (κ2) is 5.63. The van der Waals surface area contributed by atoms with E-state index in [-0.39, 0.29) is 28.9 Å². The summed E-state index contributed by atoms with van der Waals surface area (Å²) in [6.45, 7) is 0. The summed E-state index contributed by atoms with van der Waals surface area (Å²) in [5.41, 5.74) is 2.12. The van der Waals surface area contributed by atoms with Gasteiger partial charge in [-0.05, 0) is 35.4 Å². The average Bonchev–Trinajstić information content (AvgIpc) is 2.21. The van der Waals surface area contributed by atoms with Gasteiger partial charge < -0.3 is 0 Å². The highest BCUT2D eigenvalue weighted by Crippen LogP contribution is 2.21. The Kier molecular flexibility index (Phi) is 4.76. The normalized spacial score (nSPS) is 9.47. The van der Waals surface area contributed by atoms with Crippen molar-refractivity contribution in [2.45, 2.75) is 0 Å². The molecule has 0 aromatic heterocycles. The van der Waals surface area contributed by atoms with E-state index in [9.17, 15) is 4.39 Å². The van der Waals surface area contributed by atoms with E-state index < -0.39 is 0 Å². The minimum atomic E-state index is -0.203. The SMILES string of the molecule is Fc1ccc(-c2ccc(Br)cc2)cc1.[MgH2]. The highest BCUT2D eigenvalue weighted by atomic mass is 79.9. The molecule has 3 heteroatoms. The van der Waals surface area contributed by atoms with E-state index >= 15 is 0 Å². The molecule has 0 aliphatic rings. The van der Waals surface area contributed by atoms with Crippen molar-refractivity contribution in [1.82, 2.24) is 0 Å². The van der Waals surface area contributed by atoms with Crippen LogP contribution >= 0.6 is 15.9 Å². The first-order valence-corrected chi connectivity index (χ1v) is 5.06. The summed E-state index contributed by atoms with van der Waals surface area (Å²) >= 11 is 3.37. The second-order valence-corrected chi connectivity index (χ2v) is 3.93. The van der Waals surface area contributed by atoms with Gasteiger partial charge in [-0.2, -0.15) is 0 Å². The van der Waals surface area contributed by atoms with Gasteiger partial charge in [0.1, 0.15) is 5.82 Å². The minimum Gasteiger partial charge on any atom is -0.207 e. The lowest BCUT2D eigenvalue weighted by atomic mass is 10.1. The third-order valence-corrected chi connectivity index (χ3v) is 2.55. The van der Waals surface area contributed by atoms with E-state index in [2.05, 4.69) is 15.9 Å². The van der Waals surface area contributed by atoms with Crippen molar-refractivity contribution in [2.24, 2.45) is 0 Å². The molecule has 0 aliphatic heterocycles. The van der Waals surface area contributed by atoms with E-state index in [1.165, 1.54) is 12.1 Å². The summed E-state index contributed by atoms with van der Waals surface area (Å²) in [6, 6.07) is 14.4. The molecule has 0 fully saturated rings. The van der Waals surface area contributed by atoms with Gasteiger partial charge in [0.05, 0.1) is 0 Å². The molecule has 0 radical (unpaired) electrons. The summed E-state index contributed by atoms with van der Waals surface area (Å²) in [7, 11) is 0. The minimum absolute atomic E-state index is 0. The van der Waals surface area contributed by atoms with Crippen molar-refractivity contribution in [1.29, 1.82) is 0 Å². The van der Waals surface area contributed by atoms with Gasteiger partial charge in [-0.3, -0.25) is 0 Å². The van der Waals surface area contributed by atoms with E-state index in [1.54, 1.807) is 12.1 Å². The largest absolute Gasteiger partial charge is 0.316 e. The van der Waals surface area contributed by atoms with Crippen molar-refractivity contribution >= 4 is 39.0 Å². The fourth-order valence-electron chi connectivity index (χ4n) is 1.28. The van der Waals surface area contributed by atoms with Gasteiger partial charge in [0, 0.05) is 4.47 Å². The lowest BCUT2D eigenvalue weighted by molar-refractivity contribution is 0.628. The molecular weight excluding hydrogens is 267 g/mol. The van der Waals surface area contributed by atoms with Crippen molar-refractivity contribution in [3.63, 3.8) is 0 Å². The molecule has 2 aromatic rings. The molecule has 0 aliphatic carbocycles. The lowest BCUT2D eigenvalue weighted by Crippen LogP contribution is -1.78. The van der Waals surface area contributed by atoms with Crippen LogP contribution in [0.25, 0.3) is 11.1 Å². The van der Waals surface area contributed by atoms with Gasteiger partial charge in [0.25, 0.3) is 0 Å². The third-order valence-electron chi connectivity index (χ3n) is 2.02. The molecule has 0 atom stereocenters. The first kappa shape index (κ1) is 12.7. The van der Waals surface area contributed by atoms with Gasteiger partial charge in [0.15, 0.2) is 0 Å². The molecule has 0 saturated heterocycles. The van der Waals surface area contributed by atoms with E-state index in [1.807, 2.05) is 24.3 Å². The maximum absolute atomic E-state index is 12.7. The fourth-order valence-corrected chi connectivity index (χ4v) is 1.55.